The standard InChI is InChI=1S/C25H33NO4/c1-17-6-9-21-24(2,20(17)8-7-18-11-14-30-23(18)28)12-10-22(27)25(21,3)16-26-15-19-5-4-13-29-19/h4-5,7-8,11,13,20-22,26-27H,1,6,9-10,12,14-16H2,2-3H3/b8-7+/t20-,21+,22-,24+,25+/m1/s1. The van der Waals surface area contributed by atoms with E-state index in [4.69, 9.17) is 9.15 Å². The number of aliphatic hydroxyl groups is 1. The van der Waals surface area contributed by atoms with Gasteiger partial charge >= 0.3 is 5.97 Å². The van der Waals surface area contributed by atoms with Crippen LogP contribution in [0.4, 0.5) is 0 Å². The Morgan fingerprint density at radius 3 is 2.90 bits per heavy atom. The summed E-state index contributed by atoms with van der Waals surface area (Å²) in [4.78, 5) is 11.8. The van der Waals surface area contributed by atoms with Crippen molar-refractivity contribution in [3.05, 3.63) is 60.1 Å². The monoisotopic (exact) mass is 411 g/mol. The summed E-state index contributed by atoms with van der Waals surface area (Å²) >= 11 is 0. The molecule has 2 heterocycles. The van der Waals surface area contributed by atoms with Crippen molar-refractivity contribution in [3.63, 3.8) is 0 Å². The van der Waals surface area contributed by atoms with Crippen LogP contribution in [0.3, 0.4) is 0 Å². The molecule has 0 unspecified atom stereocenters. The summed E-state index contributed by atoms with van der Waals surface area (Å²) in [6, 6.07) is 3.86. The number of allylic oxidation sites excluding steroid dienone is 2. The number of nitrogens with one attached hydrogen (secondary N) is 1. The number of furan rings is 1. The lowest BCUT2D eigenvalue weighted by Gasteiger charge is -2.60. The quantitative estimate of drug-likeness (QED) is 0.543. The van der Waals surface area contributed by atoms with Gasteiger partial charge in [-0.05, 0) is 55.2 Å². The van der Waals surface area contributed by atoms with Crippen molar-refractivity contribution in [1.29, 1.82) is 0 Å². The minimum absolute atomic E-state index is 0.00472. The molecule has 0 spiro atoms. The topological polar surface area (TPSA) is 71.7 Å². The molecule has 5 nitrogen and oxygen atoms in total. The summed E-state index contributed by atoms with van der Waals surface area (Å²) in [7, 11) is 0. The molecule has 162 valence electrons. The minimum atomic E-state index is -0.344. The number of ether oxygens (including phenoxy) is 1. The molecular formula is C25H33NO4. The molecule has 1 aromatic heterocycles. The molecule has 5 atom stereocenters. The van der Waals surface area contributed by atoms with Crippen LogP contribution in [0.2, 0.25) is 0 Å². The number of cyclic esters (lactones) is 1. The molecular weight excluding hydrogens is 378 g/mol. The van der Waals surface area contributed by atoms with E-state index in [-0.39, 0.29) is 28.8 Å². The van der Waals surface area contributed by atoms with Gasteiger partial charge in [0.25, 0.3) is 0 Å². The first-order chi connectivity index (χ1) is 14.3. The number of aliphatic hydroxyl groups excluding tert-OH is 1. The summed E-state index contributed by atoms with van der Waals surface area (Å²) in [5.41, 5.74) is 1.61. The van der Waals surface area contributed by atoms with Crippen LogP contribution in [-0.4, -0.2) is 30.3 Å². The van der Waals surface area contributed by atoms with Crippen molar-refractivity contribution in [3.8, 4) is 0 Å². The predicted octanol–water partition coefficient (Wildman–Crippen LogP) is 4.16. The third-order valence-electron chi connectivity index (χ3n) is 7.82. The average Bonchev–Trinajstić information content (AvgIpc) is 3.37. The zero-order valence-electron chi connectivity index (χ0n) is 18.0. The molecule has 0 amide bonds. The molecule has 5 heteroatoms. The van der Waals surface area contributed by atoms with Gasteiger partial charge in [0.15, 0.2) is 0 Å². The van der Waals surface area contributed by atoms with Crippen LogP contribution in [0.15, 0.2) is 58.8 Å². The van der Waals surface area contributed by atoms with E-state index in [2.05, 4.69) is 31.8 Å². The number of esters is 1. The molecule has 2 fully saturated rings. The Morgan fingerprint density at radius 1 is 1.37 bits per heavy atom. The third-order valence-corrected chi connectivity index (χ3v) is 7.82. The normalized spacial score (nSPS) is 36.6. The molecule has 30 heavy (non-hydrogen) atoms. The lowest BCUT2D eigenvalue weighted by atomic mass is 9.46. The second-order valence-electron chi connectivity index (χ2n) is 9.59. The van der Waals surface area contributed by atoms with Crippen molar-refractivity contribution in [2.24, 2.45) is 22.7 Å². The van der Waals surface area contributed by atoms with Crippen LogP contribution in [0, 0.1) is 22.7 Å². The molecule has 4 rings (SSSR count). The number of carbonyl (C=O) groups is 1. The molecule has 0 radical (unpaired) electrons. The highest BCUT2D eigenvalue weighted by Gasteiger charge is 2.57. The fourth-order valence-corrected chi connectivity index (χ4v) is 6.10. The maximum atomic E-state index is 11.8. The van der Waals surface area contributed by atoms with Gasteiger partial charge in [-0.25, -0.2) is 4.79 Å². The van der Waals surface area contributed by atoms with Crippen molar-refractivity contribution in [2.75, 3.05) is 13.2 Å². The Hall–Kier alpha value is -2.11. The van der Waals surface area contributed by atoms with Gasteiger partial charge < -0.3 is 19.6 Å². The highest BCUT2D eigenvalue weighted by molar-refractivity contribution is 5.93. The van der Waals surface area contributed by atoms with Crippen molar-refractivity contribution in [2.45, 2.75) is 52.2 Å². The molecule has 0 bridgehead atoms. The molecule has 1 aliphatic heterocycles. The van der Waals surface area contributed by atoms with E-state index in [1.807, 2.05) is 24.3 Å². The summed E-state index contributed by atoms with van der Waals surface area (Å²) in [6.07, 6.45) is 10.9. The van der Waals surface area contributed by atoms with E-state index in [9.17, 15) is 9.90 Å². The number of fused-ring (bicyclic) bond motifs is 1. The smallest absolute Gasteiger partial charge is 0.338 e. The summed E-state index contributed by atoms with van der Waals surface area (Å²) in [6.45, 7) is 10.7. The Kier molecular flexibility index (Phi) is 5.78. The Balaban J connectivity index is 1.55. The van der Waals surface area contributed by atoms with Crippen LogP contribution >= 0.6 is 0 Å². The van der Waals surface area contributed by atoms with E-state index in [0.29, 0.717) is 24.6 Å². The zero-order chi connectivity index (χ0) is 21.4. The predicted molar refractivity (Wildman–Crippen MR) is 115 cm³/mol. The zero-order valence-corrected chi connectivity index (χ0v) is 18.0. The first kappa shape index (κ1) is 21.1. The molecule has 0 aromatic carbocycles. The first-order valence-electron chi connectivity index (χ1n) is 11.0. The van der Waals surface area contributed by atoms with Crippen LogP contribution < -0.4 is 5.32 Å². The summed E-state index contributed by atoms with van der Waals surface area (Å²) in [5, 5.41) is 14.6. The van der Waals surface area contributed by atoms with Gasteiger partial charge in [0, 0.05) is 17.9 Å². The fourth-order valence-electron chi connectivity index (χ4n) is 6.10. The lowest BCUT2D eigenvalue weighted by molar-refractivity contribution is -0.135. The van der Waals surface area contributed by atoms with Gasteiger partial charge in [-0.3, -0.25) is 0 Å². The molecule has 2 N–H and O–H groups in total. The average molecular weight is 412 g/mol. The Morgan fingerprint density at radius 2 is 2.20 bits per heavy atom. The molecule has 2 saturated carbocycles. The van der Waals surface area contributed by atoms with Gasteiger partial charge in [0.1, 0.15) is 12.4 Å². The SMILES string of the molecule is C=C1CC[C@@H]2[C@](C)(CNCc3ccco3)[C@H](O)CC[C@@]2(C)[C@@H]1/C=C/C1=CCOC1=O. The van der Waals surface area contributed by atoms with Crippen molar-refractivity contribution < 1.29 is 19.1 Å². The molecule has 3 aliphatic rings. The second-order valence-corrected chi connectivity index (χ2v) is 9.59. The van der Waals surface area contributed by atoms with Gasteiger partial charge in [-0.1, -0.05) is 38.2 Å². The maximum Gasteiger partial charge on any atom is 0.338 e. The largest absolute Gasteiger partial charge is 0.468 e. The van der Waals surface area contributed by atoms with E-state index < -0.39 is 0 Å². The lowest BCUT2D eigenvalue weighted by Crippen LogP contribution is -2.58. The highest BCUT2D eigenvalue weighted by Crippen LogP contribution is 2.61. The van der Waals surface area contributed by atoms with Crippen molar-refractivity contribution in [1.82, 2.24) is 5.32 Å². The van der Waals surface area contributed by atoms with Crippen LogP contribution in [-0.2, 0) is 16.1 Å². The molecule has 1 aromatic rings. The van der Waals surface area contributed by atoms with E-state index >= 15 is 0 Å². The molecule has 2 aliphatic carbocycles. The molecule has 0 saturated heterocycles. The highest BCUT2D eigenvalue weighted by atomic mass is 16.5. The first-order valence-corrected chi connectivity index (χ1v) is 11.0. The van der Waals surface area contributed by atoms with Crippen LogP contribution in [0.1, 0.15) is 45.3 Å². The second kappa shape index (κ2) is 8.20. The Labute approximate surface area is 178 Å². The van der Waals surface area contributed by atoms with E-state index in [0.717, 1.165) is 38.0 Å². The number of hydrogen-bond donors (Lipinski definition) is 2. The number of carbonyl (C=O) groups excluding carboxylic acids is 1. The van der Waals surface area contributed by atoms with Gasteiger partial charge in [-0.15, -0.1) is 0 Å². The summed E-state index contributed by atoms with van der Waals surface area (Å²) in [5.74, 6) is 1.19. The third kappa shape index (κ3) is 3.69. The van der Waals surface area contributed by atoms with Crippen LogP contribution in [0.25, 0.3) is 0 Å². The van der Waals surface area contributed by atoms with E-state index in [1.54, 1.807) is 6.26 Å². The number of rotatable bonds is 6. The minimum Gasteiger partial charge on any atom is -0.468 e. The van der Waals surface area contributed by atoms with Gasteiger partial charge in [-0.2, -0.15) is 0 Å². The van der Waals surface area contributed by atoms with Crippen LogP contribution in [0.5, 0.6) is 0 Å². The van der Waals surface area contributed by atoms with Gasteiger partial charge in [0.05, 0.1) is 24.5 Å². The summed E-state index contributed by atoms with van der Waals surface area (Å²) < 4.78 is 10.5. The fraction of sp³-hybridized carbons (Fsp3) is 0.560. The van der Waals surface area contributed by atoms with E-state index in [1.165, 1.54) is 5.57 Å². The number of hydrogen-bond acceptors (Lipinski definition) is 5. The van der Waals surface area contributed by atoms with Crippen molar-refractivity contribution >= 4 is 5.97 Å². The maximum absolute atomic E-state index is 11.8. The Bertz CT molecular complexity index is 855. The van der Waals surface area contributed by atoms with Gasteiger partial charge in [0.2, 0.25) is 0 Å².